The molecule has 0 fully saturated rings. The SMILES string of the molecule is CC[NH2+]C(C)(C)C.[OH-]. The van der Waals surface area contributed by atoms with Gasteiger partial charge in [0.05, 0.1) is 12.1 Å². The third-order valence-electron chi connectivity index (χ3n) is 0.816. The predicted molar refractivity (Wildman–Crippen MR) is 34.2 cm³/mol. The fourth-order valence-corrected chi connectivity index (χ4v) is 0.612. The Bertz CT molecular complexity index is 47.0. The molecule has 0 aromatic rings. The Labute approximate surface area is 51.6 Å². The van der Waals surface area contributed by atoms with E-state index in [1.165, 1.54) is 6.54 Å². The van der Waals surface area contributed by atoms with E-state index in [4.69, 9.17) is 0 Å². The lowest BCUT2D eigenvalue weighted by Gasteiger charge is -2.14. The number of hydrogen-bond acceptors (Lipinski definition) is 1. The lowest BCUT2D eigenvalue weighted by Crippen LogP contribution is -2.93. The first kappa shape index (κ1) is 10.8. The van der Waals surface area contributed by atoms with Gasteiger partial charge in [-0.15, -0.1) is 0 Å². The summed E-state index contributed by atoms with van der Waals surface area (Å²) in [5.74, 6) is 0. The molecule has 0 aliphatic rings. The fraction of sp³-hybridized carbons (Fsp3) is 1.00. The van der Waals surface area contributed by atoms with Crippen LogP contribution in [0.5, 0.6) is 0 Å². The van der Waals surface area contributed by atoms with Gasteiger partial charge < -0.3 is 10.8 Å². The highest BCUT2D eigenvalue weighted by Gasteiger charge is 2.09. The third kappa shape index (κ3) is 9.33. The molecular formula is C6H17NO. The van der Waals surface area contributed by atoms with Gasteiger partial charge in [-0.2, -0.15) is 0 Å². The molecular weight excluding hydrogens is 102 g/mol. The molecule has 0 bridgehead atoms. The van der Waals surface area contributed by atoms with Crippen molar-refractivity contribution in [2.24, 2.45) is 0 Å². The van der Waals surface area contributed by atoms with Crippen LogP contribution >= 0.6 is 0 Å². The lowest BCUT2D eigenvalue weighted by molar-refractivity contribution is -0.714. The second-order valence-corrected chi connectivity index (χ2v) is 2.98. The molecule has 0 unspecified atom stereocenters. The minimum atomic E-state index is 0. The molecule has 0 aromatic carbocycles. The van der Waals surface area contributed by atoms with Gasteiger partial charge in [-0.05, 0) is 27.7 Å². The summed E-state index contributed by atoms with van der Waals surface area (Å²) < 4.78 is 0. The molecule has 0 aliphatic carbocycles. The van der Waals surface area contributed by atoms with Crippen molar-refractivity contribution in [1.82, 2.24) is 0 Å². The monoisotopic (exact) mass is 119 g/mol. The van der Waals surface area contributed by atoms with E-state index in [1.807, 2.05) is 0 Å². The summed E-state index contributed by atoms with van der Waals surface area (Å²) in [7, 11) is 0. The van der Waals surface area contributed by atoms with Crippen LogP contribution in [0.3, 0.4) is 0 Å². The van der Waals surface area contributed by atoms with Crippen LogP contribution in [-0.2, 0) is 0 Å². The van der Waals surface area contributed by atoms with Gasteiger partial charge in [-0.3, -0.25) is 0 Å². The summed E-state index contributed by atoms with van der Waals surface area (Å²) in [4.78, 5) is 0. The van der Waals surface area contributed by atoms with Crippen LogP contribution in [-0.4, -0.2) is 17.6 Å². The van der Waals surface area contributed by atoms with E-state index in [1.54, 1.807) is 0 Å². The molecule has 0 rings (SSSR count). The van der Waals surface area contributed by atoms with Crippen LogP contribution in [0.15, 0.2) is 0 Å². The first-order chi connectivity index (χ1) is 3.06. The minimum Gasteiger partial charge on any atom is -0.870 e. The molecule has 0 aliphatic heterocycles. The average Bonchev–Trinajstić information content (AvgIpc) is 1.30. The molecule has 0 heterocycles. The Hall–Kier alpha value is -0.0800. The molecule has 52 valence electrons. The summed E-state index contributed by atoms with van der Waals surface area (Å²) in [5.41, 5.74) is 0.425. The van der Waals surface area contributed by atoms with Gasteiger partial charge in [-0.25, -0.2) is 0 Å². The van der Waals surface area contributed by atoms with Crippen LogP contribution in [0.25, 0.3) is 0 Å². The average molecular weight is 119 g/mol. The maximum atomic E-state index is 2.31. The topological polar surface area (TPSA) is 46.6 Å². The van der Waals surface area contributed by atoms with Crippen LogP contribution in [0, 0.1) is 0 Å². The van der Waals surface area contributed by atoms with Crippen LogP contribution < -0.4 is 5.32 Å². The molecule has 8 heavy (non-hydrogen) atoms. The Morgan fingerprint density at radius 3 is 1.62 bits per heavy atom. The van der Waals surface area contributed by atoms with Gasteiger partial charge in [0.15, 0.2) is 0 Å². The van der Waals surface area contributed by atoms with E-state index in [0.29, 0.717) is 5.54 Å². The molecule has 3 N–H and O–H groups in total. The molecule has 0 atom stereocenters. The van der Waals surface area contributed by atoms with E-state index >= 15 is 0 Å². The summed E-state index contributed by atoms with van der Waals surface area (Å²) in [5, 5.41) is 2.31. The van der Waals surface area contributed by atoms with Crippen LogP contribution in [0.1, 0.15) is 27.7 Å². The molecule has 2 nitrogen and oxygen atoms in total. The van der Waals surface area contributed by atoms with Gasteiger partial charge in [0.1, 0.15) is 0 Å². The first-order valence-corrected chi connectivity index (χ1v) is 2.90. The summed E-state index contributed by atoms with van der Waals surface area (Å²) in [6.45, 7) is 10.0. The predicted octanol–water partition coefficient (Wildman–Crippen LogP) is 0.191. The molecule has 0 radical (unpaired) electrons. The zero-order valence-electron chi connectivity index (χ0n) is 6.23. The fourth-order valence-electron chi connectivity index (χ4n) is 0.612. The van der Waals surface area contributed by atoms with Crippen molar-refractivity contribution >= 4 is 0 Å². The van der Waals surface area contributed by atoms with Crippen molar-refractivity contribution in [2.75, 3.05) is 6.54 Å². The van der Waals surface area contributed by atoms with E-state index in [0.717, 1.165) is 0 Å². The van der Waals surface area contributed by atoms with Crippen molar-refractivity contribution in [2.45, 2.75) is 33.2 Å². The van der Waals surface area contributed by atoms with Gasteiger partial charge in [0.2, 0.25) is 0 Å². The van der Waals surface area contributed by atoms with E-state index in [-0.39, 0.29) is 5.48 Å². The quantitative estimate of drug-likeness (QED) is 0.526. The Morgan fingerprint density at radius 1 is 1.25 bits per heavy atom. The zero-order valence-corrected chi connectivity index (χ0v) is 6.23. The van der Waals surface area contributed by atoms with Gasteiger partial charge in [-0.1, -0.05) is 0 Å². The second kappa shape index (κ2) is 3.87. The van der Waals surface area contributed by atoms with E-state index in [2.05, 4.69) is 33.0 Å². The highest BCUT2D eigenvalue weighted by molar-refractivity contribution is 4.50. The number of quaternary nitrogens is 1. The molecule has 0 spiro atoms. The van der Waals surface area contributed by atoms with Crippen molar-refractivity contribution in [3.63, 3.8) is 0 Å². The first-order valence-electron chi connectivity index (χ1n) is 2.90. The van der Waals surface area contributed by atoms with Gasteiger partial charge in [0, 0.05) is 0 Å². The molecule has 2 heteroatoms. The molecule has 0 saturated carbocycles. The third-order valence-corrected chi connectivity index (χ3v) is 0.816. The molecule has 0 amide bonds. The summed E-state index contributed by atoms with van der Waals surface area (Å²) >= 11 is 0. The van der Waals surface area contributed by atoms with Crippen LogP contribution in [0.2, 0.25) is 0 Å². The number of hydrogen-bond donors (Lipinski definition) is 1. The maximum absolute atomic E-state index is 2.31. The molecule has 0 saturated heterocycles. The van der Waals surface area contributed by atoms with Crippen molar-refractivity contribution < 1.29 is 10.8 Å². The van der Waals surface area contributed by atoms with E-state index < -0.39 is 0 Å². The van der Waals surface area contributed by atoms with E-state index in [9.17, 15) is 0 Å². The van der Waals surface area contributed by atoms with Crippen LogP contribution in [0.4, 0.5) is 0 Å². The Morgan fingerprint density at radius 2 is 1.62 bits per heavy atom. The Kier molecular flexibility index (Phi) is 5.23. The number of nitrogens with two attached hydrogens (primary N) is 1. The normalized spacial score (nSPS) is 10.5. The largest absolute Gasteiger partial charge is 0.870 e. The molecule has 0 aromatic heterocycles. The smallest absolute Gasteiger partial charge is 0.0875 e. The maximum Gasteiger partial charge on any atom is 0.0875 e. The zero-order chi connectivity index (χ0) is 5.91. The van der Waals surface area contributed by atoms with Crippen molar-refractivity contribution in [3.05, 3.63) is 0 Å². The minimum absolute atomic E-state index is 0. The highest BCUT2D eigenvalue weighted by atomic mass is 16.0. The Balaban J connectivity index is 0. The summed E-state index contributed by atoms with van der Waals surface area (Å²) in [6, 6.07) is 0. The second-order valence-electron chi connectivity index (χ2n) is 2.98. The number of rotatable bonds is 1. The van der Waals surface area contributed by atoms with Gasteiger partial charge >= 0.3 is 0 Å². The highest BCUT2D eigenvalue weighted by Crippen LogP contribution is 1.86. The van der Waals surface area contributed by atoms with Crippen molar-refractivity contribution in [1.29, 1.82) is 0 Å². The standard InChI is InChI=1S/C6H15N.H2O/c1-5-7-6(2,3)4;/h7H,5H2,1-4H3;1H2. The summed E-state index contributed by atoms with van der Waals surface area (Å²) in [6.07, 6.45) is 0. The van der Waals surface area contributed by atoms with Crippen molar-refractivity contribution in [3.8, 4) is 0 Å². The van der Waals surface area contributed by atoms with Gasteiger partial charge in [0.25, 0.3) is 0 Å². The lowest BCUT2D eigenvalue weighted by atomic mass is 10.1.